The molecule has 0 radical (unpaired) electrons. The SMILES string of the molecule is [2H][C@@H](C)C12CC([C@H](C)O1)[C@@H]2OP(OCC[N+]#[C-])N(C(C)C)C(C)C. The molecular formula is C17H31N2O3P. The average Bonchev–Trinajstić information content (AvgIpc) is 2.95. The van der Waals surface area contributed by atoms with Gasteiger partial charge in [-0.05, 0) is 47.4 Å². The largest absolute Gasteiger partial charge is 0.369 e. The van der Waals surface area contributed by atoms with Crippen molar-refractivity contribution in [2.45, 2.75) is 84.3 Å². The van der Waals surface area contributed by atoms with Gasteiger partial charge in [0.05, 0.1) is 17.8 Å². The first-order valence-electron chi connectivity index (χ1n) is 9.13. The molecule has 6 atom stereocenters. The lowest BCUT2D eigenvalue weighted by molar-refractivity contribution is -0.104. The van der Waals surface area contributed by atoms with E-state index in [0.717, 1.165) is 6.42 Å². The first-order valence-corrected chi connectivity index (χ1v) is 9.69. The minimum Gasteiger partial charge on any atom is -0.369 e. The molecule has 3 rings (SSSR count). The molecule has 0 N–H and O–H groups in total. The third kappa shape index (κ3) is 3.72. The maximum atomic E-state index is 8.23. The topological polar surface area (TPSA) is 35.3 Å². The molecule has 0 amide bonds. The number of hydrogen-bond acceptors (Lipinski definition) is 4. The predicted octanol–water partition coefficient (Wildman–Crippen LogP) is 4.24. The second kappa shape index (κ2) is 7.76. The van der Waals surface area contributed by atoms with E-state index in [4.69, 9.17) is 21.7 Å². The number of hydrogen-bond donors (Lipinski definition) is 0. The van der Waals surface area contributed by atoms with Gasteiger partial charge < -0.3 is 18.6 Å². The van der Waals surface area contributed by atoms with Crippen LogP contribution in [0.1, 0.15) is 55.7 Å². The van der Waals surface area contributed by atoms with Crippen LogP contribution in [-0.4, -0.2) is 47.7 Å². The summed E-state index contributed by atoms with van der Waals surface area (Å²) in [4.78, 5) is 3.37. The van der Waals surface area contributed by atoms with Crippen molar-refractivity contribution in [2.75, 3.05) is 13.2 Å². The highest BCUT2D eigenvalue weighted by Crippen LogP contribution is 2.60. The lowest BCUT2D eigenvalue weighted by Gasteiger charge is -2.47. The van der Waals surface area contributed by atoms with Crippen LogP contribution < -0.4 is 0 Å². The molecule has 1 saturated carbocycles. The quantitative estimate of drug-likeness (QED) is 0.356. The van der Waals surface area contributed by atoms with E-state index in [1.165, 1.54) is 0 Å². The second-order valence-electron chi connectivity index (χ2n) is 6.98. The number of nitrogens with zero attached hydrogens (tertiary/aromatic N) is 2. The molecule has 132 valence electrons. The van der Waals surface area contributed by atoms with Crippen molar-refractivity contribution in [3.63, 3.8) is 0 Å². The van der Waals surface area contributed by atoms with Crippen LogP contribution >= 0.6 is 8.53 Å². The summed E-state index contributed by atoms with van der Waals surface area (Å²) in [6.07, 6.45) is 0.627. The summed E-state index contributed by atoms with van der Waals surface area (Å²) in [6.45, 7) is 20.2. The maximum Gasteiger partial charge on any atom is 0.259 e. The van der Waals surface area contributed by atoms with Crippen molar-refractivity contribution in [1.29, 1.82) is 0 Å². The van der Waals surface area contributed by atoms with Crippen molar-refractivity contribution >= 4 is 8.53 Å². The van der Waals surface area contributed by atoms with Gasteiger partial charge in [0.15, 0.2) is 0 Å². The minimum absolute atomic E-state index is 0.0842. The van der Waals surface area contributed by atoms with E-state index in [1.807, 2.05) is 6.92 Å². The molecule has 6 heteroatoms. The highest BCUT2D eigenvalue weighted by Gasteiger charge is 2.65. The standard InChI is InChI=1S/C17H31N2O3P/c1-8-17-11-15(14(6)21-17)16(17)22-23(20-10-9-18-7)19(12(2)3)13(4)5/h12-16H,8-11H2,1-6H3/t14-,15?,16-,17?,23?/m0/s1/i8D/t8-,14-,15?,16-,17?,23?. The summed E-state index contributed by atoms with van der Waals surface area (Å²) in [6, 6.07) is 0.564. The minimum atomic E-state index is -1.27. The normalized spacial score (nSPS) is 36.0. The Morgan fingerprint density at radius 3 is 2.57 bits per heavy atom. The smallest absolute Gasteiger partial charge is 0.259 e. The lowest BCUT2D eigenvalue weighted by Crippen LogP contribution is -2.53. The Balaban J connectivity index is 2.14. The van der Waals surface area contributed by atoms with Gasteiger partial charge in [-0.15, -0.1) is 0 Å². The van der Waals surface area contributed by atoms with Crippen LogP contribution in [0, 0.1) is 12.5 Å². The molecule has 3 aliphatic rings. The zero-order chi connectivity index (χ0) is 18.1. The van der Waals surface area contributed by atoms with Crippen molar-refractivity contribution in [1.82, 2.24) is 4.67 Å². The average molecular weight is 343 g/mol. The summed E-state index contributed by atoms with van der Waals surface area (Å²) in [5.41, 5.74) is -0.493. The van der Waals surface area contributed by atoms with E-state index in [2.05, 4.69) is 44.1 Å². The first kappa shape index (κ1) is 17.6. The number of fused-ring (bicyclic) bond motifs is 1. The summed E-state index contributed by atoms with van der Waals surface area (Å²) in [7, 11) is -1.27. The van der Waals surface area contributed by atoms with Crippen molar-refractivity contribution < 1.29 is 15.2 Å². The Morgan fingerprint density at radius 1 is 1.43 bits per heavy atom. The molecule has 0 aromatic rings. The molecule has 2 bridgehead atoms. The Labute approximate surface area is 143 Å². The fraction of sp³-hybridized carbons (Fsp3) is 0.941. The Hall–Kier alpha value is -0.240. The molecule has 0 aromatic carbocycles. The first-order chi connectivity index (χ1) is 11.2. The van der Waals surface area contributed by atoms with Crippen LogP contribution in [0.4, 0.5) is 0 Å². The van der Waals surface area contributed by atoms with Crippen molar-refractivity contribution in [3.8, 4) is 0 Å². The molecule has 2 heterocycles. The van der Waals surface area contributed by atoms with E-state index in [-0.39, 0.29) is 30.7 Å². The molecule has 0 spiro atoms. The van der Waals surface area contributed by atoms with E-state index < -0.39 is 14.1 Å². The van der Waals surface area contributed by atoms with Crippen molar-refractivity contribution in [3.05, 3.63) is 11.4 Å². The molecule has 2 aliphatic heterocycles. The third-order valence-electron chi connectivity index (χ3n) is 4.78. The van der Waals surface area contributed by atoms with E-state index in [0.29, 0.717) is 19.1 Å². The number of ether oxygens (including phenoxy) is 1. The van der Waals surface area contributed by atoms with Crippen LogP contribution in [0.25, 0.3) is 4.85 Å². The fourth-order valence-corrected chi connectivity index (χ4v) is 5.48. The van der Waals surface area contributed by atoms with Crippen molar-refractivity contribution in [2.24, 2.45) is 5.92 Å². The molecule has 0 aromatic heterocycles. The molecule has 23 heavy (non-hydrogen) atoms. The summed E-state index contributed by atoms with van der Waals surface area (Å²) in [5, 5.41) is 0. The fourth-order valence-electron chi connectivity index (χ4n) is 3.66. The van der Waals surface area contributed by atoms with Gasteiger partial charge >= 0.3 is 0 Å². The van der Waals surface area contributed by atoms with Crippen LogP contribution in [0.2, 0.25) is 0 Å². The van der Waals surface area contributed by atoms with Crippen LogP contribution in [0.5, 0.6) is 0 Å². The van der Waals surface area contributed by atoms with E-state index >= 15 is 0 Å². The number of rotatable bonds is 9. The molecule has 3 unspecified atom stereocenters. The molecule has 5 nitrogen and oxygen atoms in total. The van der Waals surface area contributed by atoms with Gasteiger partial charge in [-0.3, -0.25) is 0 Å². The van der Waals surface area contributed by atoms with Crippen LogP contribution in [0.3, 0.4) is 0 Å². The second-order valence-corrected chi connectivity index (χ2v) is 8.39. The van der Waals surface area contributed by atoms with Crippen LogP contribution in [0.15, 0.2) is 0 Å². The maximum absolute atomic E-state index is 8.23. The third-order valence-corrected chi connectivity index (χ3v) is 6.89. The molecule has 2 saturated heterocycles. The Kier molecular flexibility index (Phi) is 5.93. The van der Waals surface area contributed by atoms with Gasteiger partial charge in [0, 0.05) is 19.4 Å². The summed E-state index contributed by atoms with van der Waals surface area (Å²) in [5.74, 6) is 0.341. The highest BCUT2D eigenvalue weighted by atomic mass is 31.2. The highest BCUT2D eigenvalue weighted by molar-refractivity contribution is 7.44. The summed E-state index contributed by atoms with van der Waals surface area (Å²) < 4.78 is 29.0. The molecule has 1 aliphatic carbocycles. The van der Waals surface area contributed by atoms with Gasteiger partial charge in [0.2, 0.25) is 6.54 Å². The van der Waals surface area contributed by atoms with Gasteiger partial charge in [-0.25, -0.2) is 11.2 Å². The summed E-state index contributed by atoms with van der Waals surface area (Å²) >= 11 is 0. The van der Waals surface area contributed by atoms with Gasteiger partial charge in [0.1, 0.15) is 6.61 Å². The molecule has 3 fully saturated rings. The zero-order valence-electron chi connectivity index (χ0n) is 16.2. The molecular weight excluding hydrogens is 311 g/mol. The van der Waals surface area contributed by atoms with Gasteiger partial charge in [-0.1, -0.05) is 6.92 Å². The van der Waals surface area contributed by atoms with E-state index in [1.54, 1.807) is 0 Å². The predicted molar refractivity (Wildman–Crippen MR) is 93.0 cm³/mol. The van der Waals surface area contributed by atoms with Gasteiger partial charge in [0.25, 0.3) is 8.53 Å². The zero-order valence-corrected chi connectivity index (χ0v) is 16.0. The van der Waals surface area contributed by atoms with E-state index in [9.17, 15) is 0 Å². The Bertz CT molecular complexity index is 463. The van der Waals surface area contributed by atoms with Crippen LogP contribution in [-0.2, 0) is 13.8 Å². The lowest BCUT2D eigenvalue weighted by atomic mass is 9.68. The van der Waals surface area contributed by atoms with Gasteiger partial charge in [-0.2, -0.15) is 0 Å². The Morgan fingerprint density at radius 2 is 2.09 bits per heavy atom. The monoisotopic (exact) mass is 343 g/mol.